The molecule has 1 aromatic carbocycles. The number of anilines is 1. The Balaban J connectivity index is 2.00. The van der Waals surface area contributed by atoms with E-state index in [4.69, 9.17) is 11.6 Å². The number of halogens is 2. The normalized spacial score (nSPS) is 21.5. The SMILES string of the molecule is C[C@@H]1CCCN([C@H](C)C(=O)Nc2ccc(F)cc2Cl)C1. The molecule has 2 atom stereocenters. The van der Waals surface area contributed by atoms with Gasteiger partial charge in [0.1, 0.15) is 5.82 Å². The molecule has 20 heavy (non-hydrogen) atoms. The van der Waals surface area contributed by atoms with Gasteiger partial charge >= 0.3 is 0 Å². The fourth-order valence-electron chi connectivity index (χ4n) is 2.57. The average molecular weight is 299 g/mol. The maximum atomic E-state index is 13.0. The number of hydrogen-bond donors (Lipinski definition) is 1. The molecule has 1 N–H and O–H groups in total. The molecule has 1 fully saturated rings. The Kier molecular flexibility index (Phi) is 5.00. The topological polar surface area (TPSA) is 32.3 Å². The van der Waals surface area contributed by atoms with Crippen molar-refractivity contribution >= 4 is 23.2 Å². The van der Waals surface area contributed by atoms with Crippen molar-refractivity contribution in [2.45, 2.75) is 32.7 Å². The third-order valence-electron chi connectivity index (χ3n) is 3.80. The smallest absolute Gasteiger partial charge is 0.241 e. The summed E-state index contributed by atoms with van der Waals surface area (Å²) in [5.41, 5.74) is 0.454. The Hall–Kier alpha value is -1.13. The van der Waals surface area contributed by atoms with Gasteiger partial charge in [-0.1, -0.05) is 18.5 Å². The predicted octanol–water partition coefficient (Wildman–Crippen LogP) is 3.54. The third-order valence-corrected chi connectivity index (χ3v) is 4.12. The molecule has 1 saturated heterocycles. The van der Waals surface area contributed by atoms with Crippen LogP contribution < -0.4 is 5.32 Å². The van der Waals surface area contributed by atoms with Gasteiger partial charge in [0.05, 0.1) is 16.8 Å². The number of carbonyl (C=O) groups excluding carboxylic acids is 1. The molecule has 0 aromatic heterocycles. The summed E-state index contributed by atoms with van der Waals surface area (Å²) in [4.78, 5) is 14.4. The summed E-state index contributed by atoms with van der Waals surface area (Å²) in [5, 5.41) is 2.99. The second kappa shape index (κ2) is 6.55. The molecular weight excluding hydrogens is 279 g/mol. The van der Waals surface area contributed by atoms with E-state index in [9.17, 15) is 9.18 Å². The van der Waals surface area contributed by atoms with E-state index in [2.05, 4.69) is 17.1 Å². The molecule has 0 bridgehead atoms. The Morgan fingerprint density at radius 3 is 2.95 bits per heavy atom. The lowest BCUT2D eigenvalue weighted by molar-refractivity contribution is -0.121. The zero-order valence-electron chi connectivity index (χ0n) is 11.8. The van der Waals surface area contributed by atoms with Crippen LogP contribution in [-0.4, -0.2) is 29.9 Å². The number of nitrogens with zero attached hydrogens (tertiary/aromatic N) is 1. The van der Waals surface area contributed by atoms with Crippen molar-refractivity contribution < 1.29 is 9.18 Å². The Morgan fingerprint density at radius 1 is 1.55 bits per heavy atom. The van der Waals surface area contributed by atoms with E-state index < -0.39 is 5.82 Å². The maximum absolute atomic E-state index is 13.0. The number of carbonyl (C=O) groups is 1. The van der Waals surface area contributed by atoms with Crippen LogP contribution in [0.15, 0.2) is 18.2 Å². The van der Waals surface area contributed by atoms with Crippen molar-refractivity contribution in [3.8, 4) is 0 Å². The van der Waals surface area contributed by atoms with Gasteiger partial charge in [0, 0.05) is 6.54 Å². The molecule has 110 valence electrons. The lowest BCUT2D eigenvalue weighted by Gasteiger charge is -2.34. The zero-order valence-corrected chi connectivity index (χ0v) is 12.6. The van der Waals surface area contributed by atoms with Crippen molar-refractivity contribution in [1.29, 1.82) is 0 Å². The van der Waals surface area contributed by atoms with Crippen LogP contribution in [0, 0.1) is 11.7 Å². The summed E-state index contributed by atoms with van der Waals surface area (Å²) >= 11 is 5.92. The van der Waals surface area contributed by atoms with E-state index in [1.54, 1.807) is 0 Å². The second-order valence-corrected chi connectivity index (χ2v) is 5.94. The Morgan fingerprint density at radius 2 is 2.30 bits per heavy atom. The maximum Gasteiger partial charge on any atom is 0.241 e. The highest BCUT2D eigenvalue weighted by Crippen LogP contribution is 2.23. The van der Waals surface area contributed by atoms with E-state index in [0.717, 1.165) is 19.5 Å². The van der Waals surface area contributed by atoms with Gasteiger partial charge in [-0.2, -0.15) is 0 Å². The highest BCUT2D eigenvalue weighted by molar-refractivity contribution is 6.33. The fraction of sp³-hybridized carbons (Fsp3) is 0.533. The monoisotopic (exact) mass is 298 g/mol. The highest BCUT2D eigenvalue weighted by Gasteiger charge is 2.25. The molecule has 0 saturated carbocycles. The van der Waals surface area contributed by atoms with Crippen LogP contribution in [0.5, 0.6) is 0 Å². The average Bonchev–Trinajstić information content (AvgIpc) is 2.41. The largest absolute Gasteiger partial charge is 0.323 e. The van der Waals surface area contributed by atoms with Crippen molar-refractivity contribution in [2.75, 3.05) is 18.4 Å². The molecule has 0 unspecified atom stereocenters. The minimum Gasteiger partial charge on any atom is -0.323 e. The minimum atomic E-state index is -0.411. The van der Waals surface area contributed by atoms with E-state index in [1.165, 1.54) is 24.6 Å². The van der Waals surface area contributed by atoms with Crippen LogP contribution in [0.3, 0.4) is 0 Å². The van der Waals surface area contributed by atoms with Crippen molar-refractivity contribution in [1.82, 2.24) is 4.90 Å². The second-order valence-electron chi connectivity index (χ2n) is 5.53. The lowest BCUT2D eigenvalue weighted by atomic mass is 9.99. The van der Waals surface area contributed by atoms with Gasteiger partial charge in [-0.15, -0.1) is 0 Å². The van der Waals surface area contributed by atoms with Crippen LogP contribution >= 0.6 is 11.6 Å². The number of hydrogen-bond acceptors (Lipinski definition) is 2. The van der Waals surface area contributed by atoms with Gasteiger partial charge in [-0.3, -0.25) is 9.69 Å². The predicted molar refractivity (Wildman–Crippen MR) is 79.5 cm³/mol. The molecule has 1 aromatic rings. The highest BCUT2D eigenvalue weighted by atomic mass is 35.5. The molecular formula is C15H20ClFN2O. The molecule has 0 radical (unpaired) electrons. The lowest BCUT2D eigenvalue weighted by Crippen LogP contribution is -2.46. The summed E-state index contributed by atoms with van der Waals surface area (Å²) in [6, 6.07) is 3.76. The van der Waals surface area contributed by atoms with Crippen molar-refractivity contribution in [3.05, 3.63) is 29.0 Å². The van der Waals surface area contributed by atoms with Crippen LogP contribution in [0.25, 0.3) is 0 Å². The summed E-state index contributed by atoms with van der Waals surface area (Å²) in [6.45, 7) is 5.97. The molecule has 1 aliphatic rings. The summed E-state index contributed by atoms with van der Waals surface area (Å²) in [7, 11) is 0. The van der Waals surface area contributed by atoms with Crippen molar-refractivity contribution in [3.63, 3.8) is 0 Å². The van der Waals surface area contributed by atoms with Gasteiger partial charge in [-0.05, 0) is 50.4 Å². The number of rotatable bonds is 3. The first-order valence-corrected chi connectivity index (χ1v) is 7.35. The third kappa shape index (κ3) is 3.70. The van der Waals surface area contributed by atoms with Crippen LogP contribution in [0.2, 0.25) is 5.02 Å². The fourth-order valence-corrected chi connectivity index (χ4v) is 2.79. The van der Waals surface area contributed by atoms with Gasteiger partial charge < -0.3 is 5.32 Å². The molecule has 0 aliphatic carbocycles. The first-order chi connectivity index (χ1) is 9.47. The van der Waals surface area contributed by atoms with Crippen molar-refractivity contribution in [2.24, 2.45) is 5.92 Å². The first kappa shape index (κ1) is 15.3. The molecule has 1 amide bonds. The zero-order chi connectivity index (χ0) is 14.7. The van der Waals surface area contributed by atoms with Crippen LogP contribution in [0.4, 0.5) is 10.1 Å². The summed E-state index contributed by atoms with van der Waals surface area (Å²) < 4.78 is 13.0. The minimum absolute atomic E-state index is 0.104. The molecule has 1 heterocycles. The van der Waals surface area contributed by atoms with E-state index in [-0.39, 0.29) is 17.0 Å². The number of benzene rings is 1. The first-order valence-electron chi connectivity index (χ1n) is 6.97. The number of likely N-dealkylation sites (tertiary alicyclic amines) is 1. The van der Waals surface area contributed by atoms with Crippen LogP contribution in [0.1, 0.15) is 26.7 Å². The van der Waals surface area contributed by atoms with Gasteiger partial charge in [0.25, 0.3) is 0 Å². The molecule has 5 heteroatoms. The quantitative estimate of drug-likeness (QED) is 0.926. The molecule has 1 aliphatic heterocycles. The van der Waals surface area contributed by atoms with E-state index >= 15 is 0 Å². The molecule has 3 nitrogen and oxygen atoms in total. The molecule has 0 spiro atoms. The number of nitrogens with one attached hydrogen (secondary N) is 1. The van der Waals surface area contributed by atoms with Gasteiger partial charge in [0.2, 0.25) is 5.91 Å². The summed E-state index contributed by atoms with van der Waals surface area (Å²) in [5.74, 6) is 0.104. The van der Waals surface area contributed by atoms with E-state index in [1.807, 2.05) is 6.92 Å². The van der Waals surface area contributed by atoms with Gasteiger partial charge in [0.15, 0.2) is 0 Å². The van der Waals surface area contributed by atoms with Gasteiger partial charge in [-0.25, -0.2) is 4.39 Å². The standard InChI is InChI=1S/C15H20ClFN2O/c1-10-4-3-7-19(9-10)11(2)15(20)18-14-6-5-12(17)8-13(14)16/h5-6,8,10-11H,3-4,7,9H2,1-2H3,(H,18,20)/t10-,11-/m1/s1. The van der Waals surface area contributed by atoms with E-state index in [0.29, 0.717) is 11.6 Å². The Labute approximate surface area is 124 Å². The number of amides is 1. The Bertz CT molecular complexity index is 495. The molecule has 2 rings (SSSR count). The summed E-state index contributed by atoms with van der Waals surface area (Å²) in [6.07, 6.45) is 2.34. The number of piperidine rings is 1. The van der Waals surface area contributed by atoms with Crippen LogP contribution in [-0.2, 0) is 4.79 Å².